The van der Waals surface area contributed by atoms with Gasteiger partial charge in [-0.1, -0.05) is 19.9 Å². The van der Waals surface area contributed by atoms with Crippen LogP contribution in [0.3, 0.4) is 0 Å². The second-order valence-corrected chi connectivity index (χ2v) is 7.36. The molecule has 1 fully saturated rings. The highest BCUT2D eigenvalue weighted by atomic mass is 16.5. The molecule has 1 aliphatic heterocycles. The van der Waals surface area contributed by atoms with Gasteiger partial charge in [0, 0.05) is 44.7 Å². The van der Waals surface area contributed by atoms with Crippen molar-refractivity contribution in [1.82, 2.24) is 9.80 Å². The lowest BCUT2D eigenvalue weighted by molar-refractivity contribution is -0.159. The Morgan fingerprint density at radius 2 is 1.45 bits per heavy atom. The lowest BCUT2D eigenvalue weighted by atomic mass is 10.1. The predicted octanol–water partition coefficient (Wildman–Crippen LogP) is 1.56. The van der Waals surface area contributed by atoms with E-state index < -0.39 is 11.9 Å². The molecule has 10 heteroatoms. The molecular weight excluding hydrogens is 408 g/mol. The van der Waals surface area contributed by atoms with Gasteiger partial charge in [-0.3, -0.25) is 9.69 Å². The Morgan fingerprint density at radius 3 is 1.87 bits per heavy atom. The minimum atomic E-state index is -1.82. The third kappa shape index (κ3) is 7.97. The molecule has 0 atom stereocenters. The van der Waals surface area contributed by atoms with Crippen molar-refractivity contribution in [1.29, 1.82) is 0 Å². The summed E-state index contributed by atoms with van der Waals surface area (Å²) in [6.07, 6.45) is 0.628. The number of carbonyl (C=O) groups excluding carboxylic acids is 1. The largest absolute Gasteiger partial charge is 0.493 e. The summed E-state index contributed by atoms with van der Waals surface area (Å²) in [5, 5.41) is 14.8. The van der Waals surface area contributed by atoms with Crippen LogP contribution in [0.4, 0.5) is 0 Å². The van der Waals surface area contributed by atoms with E-state index in [4.69, 9.17) is 34.0 Å². The van der Waals surface area contributed by atoms with Gasteiger partial charge < -0.3 is 29.3 Å². The third-order valence-electron chi connectivity index (χ3n) is 4.67. The van der Waals surface area contributed by atoms with Crippen molar-refractivity contribution < 1.29 is 38.8 Å². The van der Waals surface area contributed by atoms with E-state index in [0.29, 0.717) is 29.6 Å². The molecule has 0 saturated carbocycles. The predicted molar refractivity (Wildman–Crippen MR) is 113 cm³/mol. The molecule has 1 aromatic carbocycles. The first-order chi connectivity index (χ1) is 14.6. The van der Waals surface area contributed by atoms with Crippen molar-refractivity contribution in [2.45, 2.75) is 26.8 Å². The van der Waals surface area contributed by atoms with Crippen LogP contribution in [0.15, 0.2) is 12.1 Å². The maximum absolute atomic E-state index is 12.2. The van der Waals surface area contributed by atoms with E-state index >= 15 is 0 Å². The summed E-state index contributed by atoms with van der Waals surface area (Å²) in [5.74, 6) is -0.995. The first kappa shape index (κ1) is 26.0. The quantitative estimate of drug-likeness (QED) is 0.607. The minimum absolute atomic E-state index is 0.262. The molecule has 0 unspecified atom stereocenters. The highest BCUT2D eigenvalue weighted by Crippen LogP contribution is 2.40. The summed E-state index contributed by atoms with van der Waals surface area (Å²) in [7, 11) is 4.87. The molecule has 0 radical (unpaired) electrons. The zero-order valence-corrected chi connectivity index (χ0v) is 18.7. The van der Waals surface area contributed by atoms with Gasteiger partial charge in [-0.2, -0.15) is 0 Å². The molecule has 0 spiro atoms. The van der Waals surface area contributed by atoms with E-state index in [1.54, 1.807) is 21.3 Å². The Balaban J connectivity index is 0.000000703. The van der Waals surface area contributed by atoms with E-state index in [-0.39, 0.29) is 5.91 Å². The second-order valence-electron chi connectivity index (χ2n) is 7.36. The van der Waals surface area contributed by atoms with Crippen LogP contribution in [0, 0.1) is 5.92 Å². The van der Waals surface area contributed by atoms with Crippen molar-refractivity contribution in [3.63, 3.8) is 0 Å². The SMILES string of the molecule is COc1ccc(CN2CCN(C(=O)CC(C)C)CC2)c(OC)c1OC.O=C(O)C(=O)O. The van der Waals surface area contributed by atoms with Crippen LogP contribution in [-0.2, 0) is 20.9 Å². The zero-order chi connectivity index (χ0) is 23.6. The smallest absolute Gasteiger partial charge is 0.414 e. The standard InChI is InChI=1S/C19H30N2O4.C2H2O4/c1-14(2)12-17(22)21-10-8-20(9-11-21)13-15-6-7-16(23-3)19(25-5)18(15)24-4;3-1(4)2(5)6/h6-7,14H,8-13H2,1-5H3;(H,3,4)(H,5,6). The summed E-state index contributed by atoms with van der Waals surface area (Å²) in [6.45, 7) is 8.20. The highest BCUT2D eigenvalue weighted by molar-refractivity contribution is 6.27. The Kier molecular flexibility index (Phi) is 10.6. The summed E-state index contributed by atoms with van der Waals surface area (Å²) < 4.78 is 16.3. The Bertz CT molecular complexity index is 746. The molecule has 1 amide bonds. The Hall–Kier alpha value is -3.01. The van der Waals surface area contributed by atoms with Gasteiger partial charge in [0.25, 0.3) is 0 Å². The molecule has 2 rings (SSSR count). The second kappa shape index (κ2) is 12.6. The number of methoxy groups -OCH3 is 3. The first-order valence-electron chi connectivity index (χ1n) is 9.88. The van der Waals surface area contributed by atoms with Crippen molar-refractivity contribution in [2.24, 2.45) is 5.92 Å². The monoisotopic (exact) mass is 440 g/mol. The van der Waals surface area contributed by atoms with Crippen LogP contribution < -0.4 is 14.2 Å². The third-order valence-corrected chi connectivity index (χ3v) is 4.67. The maximum atomic E-state index is 12.2. The van der Waals surface area contributed by atoms with Gasteiger partial charge in [-0.25, -0.2) is 9.59 Å². The fraction of sp³-hybridized carbons (Fsp3) is 0.571. The number of benzene rings is 1. The molecule has 1 saturated heterocycles. The van der Waals surface area contributed by atoms with Gasteiger partial charge in [-0.05, 0) is 12.0 Å². The average Bonchev–Trinajstić information content (AvgIpc) is 2.73. The number of hydrogen-bond donors (Lipinski definition) is 2. The number of nitrogens with zero attached hydrogens (tertiary/aromatic N) is 2. The van der Waals surface area contributed by atoms with Crippen LogP contribution in [0.5, 0.6) is 17.2 Å². The molecule has 31 heavy (non-hydrogen) atoms. The van der Waals surface area contributed by atoms with Gasteiger partial charge in [0.15, 0.2) is 11.5 Å². The van der Waals surface area contributed by atoms with Crippen molar-refractivity contribution in [2.75, 3.05) is 47.5 Å². The fourth-order valence-electron chi connectivity index (χ4n) is 3.16. The number of aliphatic carboxylic acids is 2. The van der Waals surface area contributed by atoms with Crippen molar-refractivity contribution in [3.8, 4) is 17.2 Å². The van der Waals surface area contributed by atoms with E-state index in [2.05, 4.69) is 18.7 Å². The lowest BCUT2D eigenvalue weighted by Gasteiger charge is -2.35. The molecule has 10 nitrogen and oxygen atoms in total. The average molecular weight is 440 g/mol. The van der Waals surface area contributed by atoms with E-state index in [1.807, 2.05) is 17.0 Å². The number of amides is 1. The Morgan fingerprint density at radius 1 is 0.903 bits per heavy atom. The summed E-state index contributed by atoms with van der Waals surface area (Å²) in [4.78, 5) is 34.7. The lowest BCUT2D eigenvalue weighted by Crippen LogP contribution is -2.48. The van der Waals surface area contributed by atoms with Crippen LogP contribution in [0.2, 0.25) is 0 Å². The van der Waals surface area contributed by atoms with Crippen LogP contribution in [-0.4, -0.2) is 85.4 Å². The van der Waals surface area contributed by atoms with E-state index in [0.717, 1.165) is 38.3 Å². The van der Waals surface area contributed by atoms with Gasteiger partial charge in [0.1, 0.15) is 0 Å². The van der Waals surface area contributed by atoms with Crippen molar-refractivity contribution >= 4 is 17.8 Å². The topological polar surface area (TPSA) is 126 Å². The fourth-order valence-corrected chi connectivity index (χ4v) is 3.16. The maximum Gasteiger partial charge on any atom is 0.414 e. The van der Waals surface area contributed by atoms with Crippen molar-refractivity contribution in [3.05, 3.63) is 17.7 Å². The van der Waals surface area contributed by atoms with Gasteiger partial charge in [0.05, 0.1) is 21.3 Å². The normalized spacial score (nSPS) is 13.8. The molecule has 0 aromatic heterocycles. The van der Waals surface area contributed by atoms with Gasteiger partial charge in [0.2, 0.25) is 11.7 Å². The number of hydrogen-bond acceptors (Lipinski definition) is 7. The first-order valence-corrected chi connectivity index (χ1v) is 9.88. The molecule has 2 N–H and O–H groups in total. The van der Waals surface area contributed by atoms with E-state index in [1.165, 1.54) is 0 Å². The number of carbonyl (C=O) groups is 3. The number of ether oxygens (including phenoxy) is 3. The molecule has 0 aliphatic carbocycles. The zero-order valence-electron chi connectivity index (χ0n) is 18.7. The summed E-state index contributed by atoms with van der Waals surface area (Å²) in [6, 6.07) is 3.91. The van der Waals surface area contributed by atoms with Gasteiger partial charge >= 0.3 is 11.9 Å². The number of piperazine rings is 1. The van der Waals surface area contributed by atoms with Crippen LogP contribution in [0.25, 0.3) is 0 Å². The minimum Gasteiger partial charge on any atom is -0.493 e. The number of carboxylic acids is 2. The highest BCUT2D eigenvalue weighted by Gasteiger charge is 2.23. The Labute approximate surface area is 182 Å². The van der Waals surface area contributed by atoms with Gasteiger partial charge in [-0.15, -0.1) is 0 Å². The molecule has 1 heterocycles. The molecule has 1 aromatic rings. The van der Waals surface area contributed by atoms with E-state index in [9.17, 15) is 4.79 Å². The molecular formula is C21H32N2O8. The molecule has 0 bridgehead atoms. The summed E-state index contributed by atoms with van der Waals surface area (Å²) >= 11 is 0. The van der Waals surface area contributed by atoms with Crippen LogP contribution in [0.1, 0.15) is 25.8 Å². The molecule has 174 valence electrons. The number of rotatable bonds is 7. The van der Waals surface area contributed by atoms with Crippen LogP contribution >= 0.6 is 0 Å². The summed E-state index contributed by atoms with van der Waals surface area (Å²) in [5.41, 5.74) is 1.06. The molecule has 1 aliphatic rings. The number of carboxylic acid groups (broad SMARTS) is 2.